The summed E-state index contributed by atoms with van der Waals surface area (Å²) in [5, 5.41) is 0. The molecule has 3 amide bonds. The first-order chi connectivity index (χ1) is 9.21. The molecule has 2 fully saturated rings. The van der Waals surface area contributed by atoms with Gasteiger partial charge in [-0.15, -0.1) is 0 Å². The van der Waals surface area contributed by atoms with E-state index in [1.807, 2.05) is 0 Å². The van der Waals surface area contributed by atoms with Gasteiger partial charge in [-0.3, -0.25) is 9.69 Å². The van der Waals surface area contributed by atoms with Crippen LogP contribution in [0.15, 0.2) is 0 Å². The van der Waals surface area contributed by atoms with E-state index >= 15 is 0 Å². The fourth-order valence-electron chi connectivity index (χ4n) is 2.88. The number of rotatable bonds is 1. The summed E-state index contributed by atoms with van der Waals surface area (Å²) in [5.74, 6) is -1.81. The smallest absolute Gasteiger partial charge is 0.304 e. The van der Waals surface area contributed by atoms with E-state index in [2.05, 4.69) is 0 Å². The van der Waals surface area contributed by atoms with E-state index in [1.165, 1.54) is 11.9 Å². The van der Waals surface area contributed by atoms with Gasteiger partial charge in [-0.2, -0.15) is 13.2 Å². The molecule has 1 aliphatic heterocycles. The Morgan fingerprint density at radius 2 is 1.90 bits per heavy atom. The molecule has 0 bridgehead atoms. The number of amides is 3. The van der Waals surface area contributed by atoms with E-state index in [0.717, 1.165) is 4.90 Å². The molecule has 8 heteroatoms. The highest BCUT2D eigenvalue weighted by Gasteiger charge is 2.47. The number of hydrogen-bond donors (Lipinski definition) is 0. The van der Waals surface area contributed by atoms with Crippen molar-refractivity contribution >= 4 is 23.5 Å². The molecule has 3 unspecified atom stereocenters. The highest BCUT2D eigenvalue weighted by Crippen LogP contribution is 2.40. The first-order valence-corrected chi connectivity index (χ1v) is 6.95. The molecule has 114 valence electrons. The van der Waals surface area contributed by atoms with Gasteiger partial charge >= 0.3 is 12.2 Å². The quantitative estimate of drug-likeness (QED) is 0.552. The zero-order valence-electron chi connectivity index (χ0n) is 11.0. The van der Waals surface area contributed by atoms with Gasteiger partial charge in [0, 0.05) is 13.1 Å². The van der Waals surface area contributed by atoms with Crippen LogP contribution >= 0.6 is 11.6 Å². The van der Waals surface area contributed by atoms with E-state index in [1.54, 1.807) is 0 Å². The van der Waals surface area contributed by atoms with Crippen molar-refractivity contribution in [3.05, 3.63) is 0 Å². The molecule has 2 aliphatic rings. The Bertz CT molecular complexity index is 416. The lowest BCUT2D eigenvalue weighted by Crippen LogP contribution is -2.58. The Morgan fingerprint density at radius 1 is 1.25 bits per heavy atom. The van der Waals surface area contributed by atoms with Gasteiger partial charge in [-0.1, -0.05) is 18.0 Å². The summed E-state index contributed by atoms with van der Waals surface area (Å²) < 4.78 is 38.4. The van der Waals surface area contributed by atoms with Gasteiger partial charge in [0.2, 0.25) is 5.91 Å². The van der Waals surface area contributed by atoms with Crippen LogP contribution in [0.4, 0.5) is 18.0 Å². The summed E-state index contributed by atoms with van der Waals surface area (Å²) in [6.07, 6.45) is -3.47. The van der Waals surface area contributed by atoms with Crippen LogP contribution in [0.2, 0.25) is 0 Å². The van der Waals surface area contributed by atoms with Gasteiger partial charge < -0.3 is 4.90 Å². The van der Waals surface area contributed by atoms with Gasteiger partial charge in [0.25, 0.3) is 0 Å². The first-order valence-electron chi connectivity index (χ1n) is 6.51. The Labute approximate surface area is 119 Å². The van der Waals surface area contributed by atoms with Crippen LogP contribution in [0.25, 0.3) is 0 Å². The van der Waals surface area contributed by atoms with Gasteiger partial charge in [0.05, 0.1) is 12.3 Å². The Hall–Kier alpha value is -0.980. The van der Waals surface area contributed by atoms with E-state index in [9.17, 15) is 22.8 Å². The lowest BCUT2D eigenvalue weighted by molar-refractivity contribution is -0.186. The minimum absolute atomic E-state index is 0.0586. The van der Waals surface area contributed by atoms with Crippen molar-refractivity contribution in [2.24, 2.45) is 5.92 Å². The summed E-state index contributed by atoms with van der Waals surface area (Å²) in [6.45, 7) is 0. The van der Waals surface area contributed by atoms with Crippen LogP contribution < -0.4 is 0 Å². The molecule has 0 radical (unpaired) electrons. The molecule has 0 aromatic heterocycles. The van der Waals surface area contributed by atoms with E-state index in [4.69, 9.17) is 11.6 Å². The summed E-state index contributed by atoms with van der Waals surface area (Å²) in [4.78, 5) is 25.7. The predicted octanol–water partition coefficient (Wildman–Crippen LogP) is 2.96. The standard InChI is InChI=1S/C12H16ClF3N2O2/c1-17-10(19)6-9(13)18(11(17)20)8-4-2-3-7(5-8)12(14,15)16/h7-9H,2-6H2,1H3. The minimum Gasteiger partial charge on any atom is -0.304 e. The zero-order chi connectivity index (χ0) is 15.1. The number of nitrogens with zero attached hydrogens (tertiary/aromatic N) is 2. The first kappa shape index (κ1) is 15.4. The lowest BCUT2D eigenvalue weighted by atomic mass is 9.84. The third-order valence-corrected chi connectivity index (χ3v) is 4.39. The number of urea groups is 1. The molecule has 2 rings (SSSR count). The van der Waals surface area contributed by atoms with Gasteiger partial charge in [0.15, 0.2) is 0 Å². The third-order valence-electron chi connectivity index (χ3n) is 4.03. The zero-order valence-corrected chi connectivity index (χ0v) is 11.7. The number of halogens is 4. The lowest BCUT2D eigenvalue weighted by Gasteiger charge is -2.43. The van der Waals surface area contributed by atoms with Crippen LogP contribution in [-0.4, -0.2) is 46.5 Å². The van der Waals surface area contributed by atoms with Crippen molar-refractivity contribution in [3.63, 3.8) is 0 Å². The highest BCUT2D eigenvalue weighted by molar-refractivity contribution is 6.23. The highest BCUT2D eigenvalue weighted by atomic mass is 35.5. The number of hydrogen-bond acceptors (Lipinski definition) is 2. The van der Waals surface area contributed by atoms with Crippen molar-refractivity contribution in [2.45, 2.75) is 49.8 Å². The maximum atomic E-state index is 12.8. The van der Waals surface area contributed by atoms with Crippen LogP contribution in [0.5, 0.6) is 0 Å². The fraction of sp³-hybridized carbons (Fsp3) is 0.833. The van der Waals surface area contributed by atoms with Crippen molar-refractivity contribution in [3.8, 4) is 0 Å². The van der Waals surface area contributed by atoms with Gasteiger partial charge in [-0.05, 0) is 19.3 Å². The third kappa shape index (κ3) is 2.87. The normalized spacial score (nSPS) is 32.8. The number of imide groups is 1. The van der Waals surface area contributed by atoms with Crippen LogP contribution in [0, 0.1) is 5.92 Å². The molecule has 0 aromatic rings. The number of carbonyl (C=O) groups is 2. The molecule has 0 spiro atoms. The van der Waals surface area contributed by atoms with Crippen LogP contribution in [-0.2, 0) is 4.79 Å². The maximum Gasteiger partial charge on any atom is 0.391 e. The summed E-state index contributed by atoms with van der Waals surface area (Å²) in [5.41, 5.74) is -0.858. The van der Waals surface area contributed by atoms with Gasteiger partial charge in [0.1, 0.15) is 5.50 Å². The maximum absolute atomic E-state index is 12.8. The van der Waals surface area contributed by atoms with Gasteiger partial charge in [-0.25, -0.2) is 4.79 Å². The molecule has 0 aromatic carbocycles. The topological polar surface area (TPSA) is 40.6 Å². The van der Waals surface area contributed by atoms with E-state index < -0.39 is 35.6 Å². The molecular formula is C12H16ClF3N2O2. The van der Waals surface area contributed by atoms with Crippen molar-refractivity contribution in [1.29, 1.82) is 0 Å². The molecule has 1 aliphatic carbocycles. The Kier molecular flexibility index (Phi) is 4.18. The molecule has 1 heterocycles. The average molecular weight is 313 g/mol. The molecule has 3 atom stereocenters. The minimum atomic E-state index is -4.25. The predicted molar refractivity (Wildman–Crippen MR) is 66.1 cm³/mol. The summed E-state index contributed by atoms with van der Waals surface area (Å²) in [6, 6.07) is -1.16. The second-order valence-electron chi connectivity index (χ2n) is 5.34. The van der Waals surface area contributed by atoms with Crippen LogP contribution in [0.1, 0.15) is 32.1 Å². The molecule has 20 heavy (non-hydrogen) atoms. The molecule has 4 nitrogen and oxygen atoms in total. The van der Waals surface area contributed by atoms with Crippen molar-refractivity contribution in [1.82, 2.24) is 9.80 Å². The summed E-state index contributed by atoms with van der Waals surface area (Å²) >= 11 is 6.01. The summed E-state index contributed by atoms with van der Waals surface area (Å²) in [7, 11) is 1.32. The second kappa shape index (κ2) is 5.42. The van der Waals surface area contributed by atoms with Crippen molar-refractivity contribution < 1.29 is 22.8 Å². The molecule has 1 saturated carbocycles. The largest absolute Gasteiger partial charge is 0.391 e. The molecule has 0 N–H and O–H groups in total. The Balaban J connectivity index is 2.13. The second-order valence-corrected chi connectivity index (χ2v) is 5.84. The average Bonchev–Trinajstić information content (AvgIpc) is 2.35. The van der Waals surface area contributed by atoms with E-state index in [-0.39, 0.29) is 19.3 Å². The SMILES string of the molecule is CN1C(=O)CC(Cl)N(C2CCCC(C(F)(F)F)C2)C1=O. The van der Waals surface area contributed by atoms with Crippen LogP contribution in [0.3, 0.4) is 0 Å². The fourth-order valence-corrected chi connectivity index (χ4v) is 3.25. The van der Waals surface area contributed by atoms with E-state index in [0.29, 0.717) is 12.8 Å². The monoisotopic (exact) mass is 312 g/mol. The molecular weight excluding hydrogens is 297 g/mol. The Morgan fingerprint density at radius 3 is 2.50 bits per heavy atom. The number of carbonyl (C=O) groups excluding carboxylic acids is 2. The van der Waals surface area contributed by atoms with Crippen molar-refractivity contribution in [2.75, 3.05) is 7.05 Å². The number of alkyl halides is 4. The molecule has 1 saturated heterocycles.